The van der Waals surface area contributed by atoms with Gasteiger partial charge in [0.15, 0.2) is 5.82 Å². The predicted octanol–water partition coefficient (Wildman–Crippen LogP) is 5.02. The molecule has 1 aromatic carbocycles. The van der Waals surface area contributed by atoms with Gasteiger partial charge in [0, 0.05) is 10.3 Å². The number of benzene rings is 1. The summed E-state index contributed by atoms with van der Waals surface area (Å²) in [6, 6.07) is 6.90. The Morgan fingerprint density at radius 3 is 2.70 bits per heavy atom. The van der Waals surface area contributed by atoms with Crippen molar-refractivity contribution in [2.45, 2.75) is 20.3 Å². The van der Waals surface area contributed by atoms with Crippen LogP contribution in [0.3, 0.4) is 0 Å². The first-order valence-corrected chi connectivity index (χ1v) is 7.50. The van der Waals surface area contributed by atoms with Gasteiger partial charge in [-0.2, -0.15) is 0 Å². The molecule has 20 heavy (non-hydrogen) atoms. The van der Waals surface area contributed by atoms with Crippen molar-refractivity contribution in [3.05, 3.63) is 45.7 Å². The number of thiophene rings is 1. The van der Waals surface area contributed by atoms with Gasteiger partial charge in [0.05, 0.1) is 10.4 Å². The van der Waals surface area contributed by atoms with Crippen LogP contribution in [0.4, 0.5) is 4.39 Å². The van der Waals surface area contributed by atoms with Crippen LogP contribution < -0.4 is 0 Å². The third-order valence-electron chi connectivity index (χ3n) is 3.14. The summed E-state index contributed by atoms with van der Waals surface area (Å²) in [6.45, 7) is 4.00. The first-order chi connectivity index (χ1) is 9.58. The normalized spacial score (nSPS) is 11.2. The number of aryl methyl sites for hydroxylation is 2. The molecule has 0 aliphatic heterocycles. The number of halogens is 2. The number of rotatable bonds is 2. The Morgan fingerprint density at radius 2 is 2.05 bits per heavy atom. The minimum atomic E-state index is -0.306. The van der Waals surface area contributed by atoms with Crippen molar-refractivity contribution in [2.24, 2.45) is 0 Å². The van der Waals surface area contributed by atoms with Crippen LogP contribution >= 0.6 is 22.9 Å². The lowest BCUT2D eigenvalue weighted by atomic mass is 10.1. The van der Waals surface area contributed by atoms with E-state index in [2.05, 4.69) is 9.97 Å². The van der Waals surface area contributed by atoms with Crippen molar-refractivity contribution in [1.82, 2.24) is 9.97 Å². The van der Waals surface area contributed by atoms with E-state index in [4.69, 9.17) is 11.6 Å². The van der Waals surface area contributed by atoms with E-state index in [1.807, 2.05) is 26.0 Å². The van der Waals surface area contributed by atoms with Crippen molar-refractivity contribution in [2.75, 3.05) is 0 Å². The maximum Gasteiger partial charge on any atom is 0.171 e. The molecule has 0 radical (unpaired) electrons. The fraction of sp³-hybridized carbons (Fsp3) is 0.200. The molecular formula is C15H12ClFN2S. The lowest BCUT2D eigenvalue weighted by Crippen LogP contribution is -1.95. The van der Waals surface area contributed by atoms with Crippen molar-refractivity contribution >= 4 is 33.8 Å². The Kier molecular flexibility index (Phi) is 3.44. The van der Waals surface area contributed by atoms with Gasteiger partial charge in [-0.05, 0) is 43.2 Å². The number of hydrogen-bond acceptors (Lipinski definition) is 3. The zero-order valence-electron chi connectivity index (χ0n) is 11.1. The topological polar surface area (TPSA) is 25.8 Å². The van der Waals surface area contributed by atoms with Crippen molar-refractivity contribution < 1.29 is 4.39 Å². The fourth-order valence-corrected chi connectivity index (χ4v) is 3.19. The van der Waals surface area contributed by atoms with Gasteiger partial charge in [-0.1, -0.05) is 18.5 Å². The maximum absolute atomic E-state index is 13.6. The highest BCUT2D eigenvalue weighted by Crippen LogP contribution is 2.31. The number of hydrogen-bond donors (Lipinski definition) is 0. The summed E-state index contributed by atoms with van der Waals surface area (Å²) in [5, 5.41) is 0.866. The largest absolute Gasteiger partial charge is 0.227 e. The first-order valence-electron chi connectivity index (χ1n) is 6.31. The molecule has 0 amide bonds. The summed E-state index contributed by atoms with van der Waals surface area (Å²) in [4.78, 5) is 11.0. The average Bonchev–Trinajstić information content (AvgIpc) is 2.85. The van der Waals surface area contributed by atoms with Crippen LogP contribution in [-0.2, 0) is 6.42 Å². The van der Waals surface area contributed by atoms with Crippen LogP contribution in [0.5, 0.6) is 0 Å². The van der Waals surface area contributed by atoms with Crippen LogP contribution in [0.15, 0.2) is 24.3 Å². The Bertz CT molecular complexity index is 798. The molecule has 0 saturated heterocycles. The zero-order chi connectivity index (χ0) is 14.3. The van der Waals surface area contributed by atoms with Gasteiger partial charge in [0.25, 0.3) is 0 Å². The average molecular weight is 307 g/mol. The highest BCUT2D eigenvalue weighted by atomic mass is 35.5. The predicted molar refractivity (Wildman–Crippen MR) is 81.9 cm³/mol. The van der Waals surface area contributed by atoms with E-state index in [0.29, 0.717) is 22.8 Å². The van der Waals surface area contributed by atoms with Gasteiger partial charge in [-0.15, -0.1) is 11.3 Å². The Labute approximate surface area is 125 Å². The van der Waals surface area contributed by atoms with E-state index in [0.717, 1.165) is 16.0 Å². The molecule has 0 saturated carbocycles. The molecule has 0 aliphatic rings. The molecule has 0 fully saturated rings. The van der Waals surface area contributed by atoms with Gasteiger partial charge >= 0.3 is 0 Å². The quantitative estimate of drug-likeness (QED) is 0.621. The molecule has 0 aliphatic carbocycles. The van der Waals surface area contributed by atoms with Crippen LogP contribution in [-0.4, -0.2) is 9.97 Å². The highest BCUT2D eigenvalue weighted by molar-refractivity contribution is 7.15. The third-order valence-corrected chi connectivity index (χ3v) is 4.42. The molecule has 0 bridgehead atoms. The summed E-state index contributed by atoms with van der Waals surface area (Å²) < 4.78 is 13.6. The maximum atomic E-state index is 13.6. The molecule has 0 atom stereocenters. The number of nitrogens with zero attached hydrogens (tertiary/aromatic N) is 2. The van der Waals surface area contributed by atoms with Gasteiger partial charge in [0.1, 0.15) is 11.0 Å². The molecule has 102 valence electrons. The summed E-state index contributed by atoms with van der Waals surface area (Å²) in [6.07, 6.45) is 0.699. The molecule has 5 heteroatoms. The van der Waals surface area contributed by atoms with E-state index in [1.54, 1.807) is 11.3 Å². The van der Waals surface area contributed by atoms with Crippen molar-refractivity contribution in [3.63, 3.8) is 0 Å². The fourth-order valence-electron chi connectivity index (χ4n) is 2.16. The zero-order valence-corrected chi connectivity index (χ0v) is 12.6. The van der Waals surface area contributed by atoms with E-state index < -0.39 is 0 Å². The second-order valence-corrected chi connectivity index (χ2v) is 6.21. The third kappa shape index (κ3) is 2.30. The van der Waals surface area contributed by atoms with Crippen LogP contribution in [0, 0.1) is 12.7 Å². The lowest BCUT2D eigenvalue weighted by molar-refractivity contribution is 0.627. The van der Waals surface area contributed by atoms with Crippen molar-refractivity contribution in [3.8, 4) is 10.7 Å². The lowest BCUT2D eigenvalue weighted by Gasteiger charge is -2.07. The molecular weight excluding hydrogens is 295 g/mol. The van der Waals surface area contributed by atoms with E-state index >= 15 is 0 Å². The molecule has 2 heterocycles. The van der Waals surface area contributed by atoms with E-state index in [-0.39, 0.29) is 5.82 Å². The van der Waals surface area contributed by atoms with Crippen LogP contribution in [0.2, 0.25) is 5.15 Å². The molecule has 3 rings (SSSR count). The molecule has 0 unspecified atom stereocenters. The Morgan fingerprint density at radius 1 is 1.25 bits per heavy atom. The molecule has 3 aromatic rings. The SMILES string of the molecule is CCc1cc(F)cc2c(Cl)nc(-c3ccc(C)s3)nc12. The second kappa shape index (κ2) is 5.11. The number of aromatic nitrogens is 2. The smallest absolute Gasteiger partial charge is 0.171 e. The number of fused-ring (bicyclic) bond motifs is 1. The monoisotopic (exact) mass is 306 g/mol. The second-order valence-electron chi connectivity index (χ2n) is 4.56. The van der Waals surface area contributed by atoms with Gasteiger partial charge < -0.3 is 0 Å². The van der Waals surface area contributed by atoms with Crippen LogP contribution in [0.1, 0.15) is 17.4 Å². The summed E-state index contributed by atoms with van der Waals surface area (Å²) in [7, 11) is 0. The standard InChI is InChI=1S/C15H12ClFN2S/c1-3-9-6-10(17)7-11-13(9)18-15(19-14(11)16)12-5-4-8(2)20-12/h4-7H,3H2,1-2H3. The van der Waals surface area contributed by atoms with Gasteiger partial charge in [-0.25, -0.2) is 14.4 Å². The molecule has 0 spiro atoms. The molecule has 2 nitrogen and oxygen atoms in total. The summed E-state index contributed by atoms with van der Waals surface area (Å²) >= 11 is 7.82. The minimum absolute atomic E-state index is 0.297. The Hall–Kier alpha value is -1.52. The molecule has 2 aromatic heterocycles. The summed E-state index contributed by atoms with van der Waals surface area (Å²) in [5.74, 6) is 0.293. The van der Waals surface area contributed by atoms with Crippen LogP contribution in [0.25, 0.3) is 21.6 Å². The minimum Gasteiger partial charge on any atom is -0.227 e. The van der Waals surface area contributed by atoms with E-state index in [9.17, 15) is 4.39 Å². The molecule has 0 N–H and O–H groups in total. The Balaban J connectivity index is 2.30. The summed E-state index contributed by atoms with van der Waals surface area (Å²) in [5.41, 5.74) is 1.58. The van der Waals surface area contributed by atoms with Crippen molar-refractivity contribution in [1.29, 1.82) is 0 Å². The van der Waals surface area contributed by atoms with E-state index in [1.165, 1.54) is 17.0 Å². The highest BCUT2D eigenvalue weighted by Gasteiger charge is 2.13. The van der Waals surface area contributed by atoms with Gasteiger partial charge in [-0.3, -0.25) is 0 Å². The first kappa shape index (κ1) is 13.5. The van der Waals surface area contributed by atoms with Gasteiger partial charge in [0.2, 0.25) is 0 Å².